The molecule has 2 nitrogen and oxygen atoms in total. The molecule has 3 aliphatic heterocycles. The molecular weight excluding hydrogens is 508 g/mol. The van der Waals surface area contributed by atoms with E-state index in [0.717, 1.165) is 6.42 Å². The highest BCUT2D eigenvalue weighted by Gasteiger charge is 2.52. The van der Waals surface area contributed by atoms with E-state index in [1.807, 2.05) is 0 Å². The molecule has 0 saturated carbocycles. The Balaban J connectivity index is 1.34. The van der Waals surface area contributed by atoms with Crippen LogP contribution in [0.2, 0.25) is 0 Å². The molecule has 0 spiro atoms. The standard InChI is InChI=1S/C40H34N2/c1-39(2)29-23-34-30(24-33(29)41-31-21-13-11-19-27(31)35(37(39)41)25-15-7-5-8-16-25)40(3,4)38-36(26-17-9-6-10-18-26)28-20-12-14-22-32(28)42(34)38/h5-21,23-24,32H,22H2,1-4H3. The van der Waals surface area contributed by atoms with Crippen LogP contribution in [-0.4, -0.2) is 10.6 Å². The highest BCUT2D eigenvalue weighted by molar-refractivity contribution is 6.02. The third kappa shape index (κ3) is 2.85. The van der Waals surface area contributed by atoms with Crippen LogP contribution in [-0.2, 0) is 10.8 Å². The Kier molecular flexibility index (Phi) is 4.61. The van der Waals surface area contributed by atoms with Crippen molar-refractivity contribution in [2.75, 3.05) is 4.90 Å². The van der Waals surface area contributed by atoms with Crippen LogP contribution >= 0.6 is 0 Å². The largest absolute Gasteiger partial charge is 0.335 e. The van der Waals surface area contributed by atoms with E-state index in [1.54, 1.807) is 0 Å². The zero-order valence-corrected chi connectivity index (χ0v) is 24.6. The van der Waals surface area contributed by atoms with Gasteiger partial charge in [-0.15, -0.1) is 0 Å². The molecule has 4 aromatic carbocycles. The highest BCUT2D eigenvalue weighted by Crippen LogP contribution is 2.61. The van der Waals surface area contributed by atoms with Crippen molar-refractivity contribution in [3.05, 3.63) is 149 Å². The van der Waals surface area contributed by atoms with Crippen molar-refractivity contribution in [2.45, 2.75) is 51.0 Å². The van der Waals surface area contributed by atoms with Crippen molar-refractivity contribution in [2.24, 2.45) is 0 Å². The summed E-state index contributed by atoms with van der Waals surface area (Å²) in [6, 6.07) is 36.4. The van der Waals surface area contributed by atoms with Crippen LogP contribution in [0.3, 0.4) is 0 Å². The van der Waals surface area contributed by atoms with Crippen molar-refractivity contribution in [1.29, 1.82) is 0 Å². The van der Waals surface area contributed by atoms with Gasteiger partial charge in [-0.3, -0.25) is 0 Å². The van der Waals surface area contributed by atoms with E-state index in [4.69, 9.17) is 0 Å². The van der Waals surface area contributed by atoms with E-state index in [9.17, 15) is 0 Å². The van der Waals surface area contributed by atoms with Crippen molar-refractivity contribution >= 4 is 22.2 Å². The summed E-state index contributed by atoms with van der Waals surface area (Å²) in [6.07, 6.45) is 7.98. The fraction of sp³-hybridized carbons (Fsp3) is 0.200. The quantitative estimate of drug-likeness (QED) is 0.216. The summed E-state index contributed by atoms with van der Waals surface area (Å²) in [4.78, 5) is 2.70. The summed E-state index contributed by atoms with van der Waals surface area (Å²) < 4.78 is 2.58. The monoisotopic (exact) mass is 542 g/mol. The van der Waals surface area contributed by atoms with Crippen molar-refractivity contribution in [3.8, 4) is 16.8 Å². The molecule has 0 bridgehead atoms. The molecular formula is C40H34N2. The van der Waals surface area contributed by atoms with E-state index in [-0.39, 0.29) is 10.8 Å². The summed E-state index contributed by atoms with van der Waals surface area (Å²) in [5.41, 5.74) is 16.3. The number of fused-ring (bicyclic) bond motifs is 10. The molecule has 4 aliphatic rings. The average molecular weight is 543 g/mol. The second kappa shape index (κ2) is 8.04. The van der Waals surface area contributed by atoms with Gasteiger partial charge in [-0.05, 0) is 52.4 Å². The lowest BCUT2D eigenvalue weighted by Gasteiger charge is -2.29. The Hall–Kier alpha value is -4.56. The Morgan fingerprint density at radius 2 is 1.33 bits per heavy atom. The van der Waals surface area contributed by atoms with Crippen LogP contribution < -0.4 is 4.90 Å². The van der Waals surface area contributed by atoms with Crippen molar-refractivity contribution < 1.29 is 0 Å². The van der Waals surface area contributed by atoms with Gasteiger partial charge in [0.25, 0.3) is 0 Å². The number of aromatic nitrogens is 1. The highest BCUT2D eigenvalue weighted by atomic mass is 15.2. The van der Waals surface area contributed by atoms with Crippen LogP contribution in [0.5, 0.6) is 0 Å². The Bertz CT molecular complexity index is 2050. The molecule has 0 fully saturated rings. The molecule has 9 rings (SSSR count). The number of para-hydroxylation sites is 1. The minimum atomic E-state index is -0.154. The number of rotatable bonds is 2. The van der Waals surface area contributed by atoms with Crippen LogP contribution in [0.25, 0.3) is 33.3 Å². The van der Waals surface area contributed by atoms with Crippen molar-refractivity contribution in [3.63, 3.8) is 0 Å². The average Bonchev–Trinajstić information content (AvgIpc) is 3.68. The van der Waals surface area contributed by atoms with Gasteiger partial charge in [-0.25, -0.2) is 0 Å². The van der Waals surface area contributed by atoms with Gasteiger partial charge in [0.05, 0.1) is 17.2 Å². The molecule has 1 unspecified atom stereocenters. The molecule has 1 aliphatic carbocycles. The van der Waals surface area contributed by atoms with Crippen LogP contribution in [0.15, 0.2) is 127 Å². The Morgan fingerprint density at radius 1 is 0.690 bits per heavy atom. The summed E-state index contributed by atoms with van der Waals surface area (Å²) in [6.45, 7) is 9.72. The van der Waals surface area contributed by atoms with Gasteiger partial charge in [0.1, 0.15) is 0 Å². The van der Waals surface area contributed by atoms with Gasteiger partial charge >= 0.3 is 0 Å². The lowest BCUT2D eigenvalue weighted by molar-refractivity contribution is 0.629. The molecule has 5 aromatic rings. The summed E-state index contributed by atoms with van der Waals surface area (Å²) in [5, 5.41) is 1.33. The van der Waals surface area contributed by atoms with Crippen LogP contribution in [0, 0.1) is 0 Å². The fourth-order valence-corrected chi connectivity index (χ4v) is 8.53. The second-order valence-corrected chi connectivity index (χ2v) is 13.3. The van der Waals surface area contributed by atoms with Gasteiger partial charge < -0.3 is 9.47 Å². The lowest BCUT2D eigenvalue weighted by Crippen LogP contribution is -2.31. The molecule has 1 atom stereocenters. The molecule has 1 aromatic heterocycles. The first-order valence-corrected chi connectivity index (χ1v) is 15.2. The molecule has 2 heteroatoms. The van der Waals surface area contributed by atoms with E-state index in [1.165, 1.54) is 72.6 Å². The smallest absolute Gasteiger partial charge is 0.0630 e. The van der Waals surface area contributed by atoms with E-state index < -0.39 is 0 Å². The predicted molar refractivity (Wildman–Crippen MR) is 175 cm³/mol. The SMILES string of the molecule is CC1(C)C2=C(c3ccccc3)C3=CC=CCC3N2c2cc3c(cc21)-n1c(c(-c2ccccc2)c2ccccc21)C3(C)C. The van der Waals surface area contributed by atoms with Gasteiger partial charge in [0, 0.05) is 44.4 Å². The number of allylic oxidation sites excluding steroid dienone is 3. The molecule has 0 saturated heterocycles. The maximum absolute atomic E-state index is 2.70. The minimum Gasteiger partial charge on any atom is -0.335 e. The lowest BCUT2D eigenvalue weighted by atomic mass is 9.76. The Morgan fingerprint density at radius 3 is 2.10 bits per heavy atom. The summed E-state index contributed by atoms with van der Waals surface area (Å²) >= 11 is 0. The molecule has 4 heterocycles. The van der Waals surface area contributed by atoms with Gasteiger partial charge in [-0.2, -0.15) is 0 Å². The molecule has 0 amide bonds. The van der Waals surface area contributed by atoms with Crippen molar-refractivity contribution in [1.82, 2.24) is 4.57 Å². The third-order valence-corrected chi connectivity index (χ3v) is 10.4. The third-order valence-electron chi connectivity index (χ3n) is 10.4. The number of nitrogens with zero attached hydrogens (tertiary/aromatic N) is 2. The molecule has 204 valence electrons. The summed E-state index contributed by atoms with van der Waals surface area (Å²) in [5.74, 6) is 0. The topological polar surface area (TPSA) is 8.17 Å². The number of anilines is 1. The Labute approximate surface area is 247 Å². The van der Waals surface area contributed by atoms with Crippen LogP contribution in [0.1, 0.15) is 56.5 Å². The maximum atomic E-state index is 2.70. The number of hydrogen-bond acceptors (Lipinski definition) is 1. The summed E-state index contributed by atoms with van der Waals surface area (Å²) in [7, 11) is 0. The maximum Gasteiger partial charge on any atom is 0.0630 e. The minimum absolute atomic E-state index is 0.133. The van der Waals surface area contributed by atoms with Gasteiger partial charge in [0.15, 0.2) is 0 Å². The number of hydrogen-bond donors (Lipinski definition) is 0. The van der Waals surface area contributed by atoms with Crippen LogP contribution in [0.4, 0.5) is 5.69 Å². The first-order chi connectivity index (χ1) is 20.4. The van der Waals surface area contributed by atoms with Gasteiger partial charge in [0.2, 0.25) is 0 Å². The van der Waals surface area contributed by atoms with E-state index in [2.05, 4.69) is 152 Å². The zero-order valence-electron chi connectivity index (χ0n) is 24.6. The fourth-order valence-electron chi connectivity index (χ4n) is 8.53. The molecule has 0 radical (unpaired) electrons. The predicted octanol–water partition coefficient (Wildman–Crippen LogP) is 9.71. The zero-order chi connectivity index (χ0) is 28.4. The normalized spacial score (nSPS) is 20.3. The number of benzene rings is 4. The van der Waals surface area contributed by atoms with Gasteiger partial charge in [-0.1, -0.05) is 125 Å². The second-order valence-electron chi connectivity index (χ2n) is 13.3. The first-order valence-electron chi connectivity index (χ1n) is 15.2. The molecule has 0 N–H and O–H groups in total. The van der Waals surface area contributed by atoms with E-state index in [0.29, 0.717) is 6.04 Å². The first kappa shape index (κ1) is 24.1. The van der Waals surface area contributed by atoms with E-state index >= 15 is 0 Å². The molecule has 42 heavy (non-hydrogen) atoms.